The number of ether oxygens (including phenoxy) is 1. The highest BCUT2D eigenvalue weighted by atomic mass is 79.9. The van der Waals surface area contributed by atoms with Crippen molar-refractivity contribution >= 4 is 52.2 Å². The zero-order valence-corrected chi connectivity index (χ0v) is 26.2. The Morgan fingerprint density at radius 3 is 1.02 bits per heavy atom. The van der Waals surface area contributed by atoms with Gasteiger partial charge in [-0.15, -0.1) is 12.4 Å². The number of carbonyl (C=O) groups excluding carboxylic acids is 1. The van der Waals surface area contributed by atoms with Gasteiger partial charge in [0, 0.05) is 49.6 Å². The van der Waals surface area contributed by atoms with Crippen molar-refractivity contribution in [3.63, 3.8) is 0 Å². The van der Waals surface area contributed by atoms with Gasteiger partial charge in [0.05, 0.1) is 35.3 Å². The molecule has 18 nitrogen and oxygen atoms in total. The summed E-state index contributed by atoms with van der Waals surface area (Å²) in [6.07, 6.45) is 20.9. The number of rotatable bonds is 4. The third kappa shape index (κ3) is 26.7. The van der Waals surface area contributed by atoms with Crippen LogP contribution in [0.5, 0.6) is 0 Å². The summed E-state index contributed by atoms with van der Waals surface area (Å²) in [5, 5.41) is 24.9. The lowest BCUT2D eigenvalue weighted by Crippen LogP contribution is -2.29. The Kier molecular flexibility index (Phi) is 38.1. The molecule has 5 aromatic rings. The van der Waals surface area contributed by atoms with E-state index in [1.807, 2.05) is 0 Å². The van der Waals surface area contributed by atoms with Crippen LogP contribution in [0.25, 0.3) is 0 Å². The van der Waals surface area contributed by atoms with Crippen LogP contribution < -0.4 is 4.57 Å². The van der Waals surface area contributed by atoms with Gasteiger partial charge in [-0.3, -0.25) is 0 Å². The third-order valence-corrected chi connectivity index (χ3v) is 4.59. The number of aromatic nitrogens is 10. The summed E-state index contributed by atoms with van der Waals surface area (Å²) in [4.78, 5) is 73.6. The topological polar surface area (TPSA) is 258 Å². The van der Waals surface area contributed by atoms with E-state index in [2.05, 4.69) is 65.5 Å². The first kappa shape index (κ1) is 57.3. The largest absolute Gasteiger partial charge is 0.478 e. The molecular weight excluding hydrogens is 756 g/mol. The van der Waals surface area contributed by atoms with Crippen molar-refractivity contribution in [3.8, 4) is 0 Å². The minimum atomic E-state index is -1.00. The van der Waals surface area contributed by atoms with E-state index in [1.165, 1.54) is 75.8 Å². The average Bonchev–Trinajstić information content (AvgIpc) is 3.07. The standard InChI is InChI=1S/C7H9N2O2.3C5H4N2O2.C4H3BrN2.5CH4.ClH/c1-9-4-6(3-8-5-9)7(10)11-2;3*8-5(9)4-1-6-3-7-2-4;5-4-1-6-3-7-2-4;;;;;;/h3-5H,1-2H3;3*1-3H,(H,8,9);1-3H;5*1H4;1H/q+1;;;;;;;;;;. The molecule has 0 bridgehead atoms. The van der Waals surface area contributed by atoms with Crippen molar-refractivity contribution in [2.45, 2.75) is 37.1 Å². The Morgan fingerprint density at radius 2 is 0.824 bits per heavy atom. The molecule has 0 saturated carbocycles. The molecular formula is C31H45BrClN10O8+. The highest BCUT2D eigenvalue weighted by molar-refractivity contribution is 9.10. The number of hydrogen-bond donors (Lipinski definition) is 3. The van der Waals surface area contributed by atoms with E-state index in [0.29, 0.717) is 5.56 Å². The number of nitrogens with zero attached hydrogens (tertiary/aromatic N) is 10. The molecule has 0 aliphatic carbocycles. The van der Waals surface area contributed by atoms with Gasteiger partial charge in [-0.05, 0) is 15.9 Å². The van der Waals surface area contributed by atoms with Crippen molar-refractivity contribution in [1.82, 2.24) is 44.9 Å². The molecule has 0 amide bonds. The first-order chi connectivity index (χ1) is 21.5. The molecule has 5 heterocycles. The van der Waals surface area contributed by atoms with E-state index in [9.17, 15) is 19.2 Å². The monoisotopic (exact) mass is 799 g/mol. The summed E-state index contributed by atoms with van der Waals surface area (Å²) in [6, 6.07) is 0. The lowest BCUT2D eigenvalue weighted by Gasteiger charge is -1.94. The third-order valence-electron chi connectivity index (χ3n) is 4.18. The summed E-state index contributed by atoms with van der Waals surface area (Å²) in [5.41, 5.74) is 0.782. The molecule has 0 aliphatic heterocycles. The Balaban J connectivity index is -0.000000121. The maximum atomic E-state index is 10.9. The zero-order chi connectivity index (χ0) is 33.5. The number of hydrogen-bond acceptors (Lipinski definition) is 14. The predicted octanol–water partition coefficient (Wildman–Crippen LogP) is 5.06. The fourth-order valence-electron chi connectivity index (χ4n) is 2.24. The number of carboxylic acid groups (broad SMARTS) is 3. The van der Waals surface area contributed by atoms with Gasteiger partial charge in [0.15, 0.2) is 6.20 Å². The maximum absolute atomic E-state index is 10.9. The molecule has 280 valence electrons. The lowest BCUT2D eigenvalue weighted by molar-refractivity contribution is -0.674. The van der Waals surface area contributed by atoms with Gasteiger partial charge >= 0.3 is 23.9 Å². The smallest absolute Gasteiger partial charge is 0.345 e. The van der Waals surface area contributed by atoms with Crippen LogP contribution in [0.4, 0.5) is 0 Å². The molecule has 0 saturated heterocycles. The van der Waals surface area contributed by atoms with Crippen molar-refractivity contribution in [1.29, 1.82) is 0 Å². The second kappa shape index (κ2) is 33.9. The van der Waals surface area contributed by atoms with Crippen molar-refractivity contribution < 1.29 is 43.8 Å². The minimum absolute atomic E-state index is 0. The molecule has 5 rings (SSSR count). The van der Waals surface area contributed by atoms with Gasteiger partial charge in [-0.2, -0.15) is 0 Å². The van der Waals surface area contributed by atoms with Gasteiger partial charge in [0.25, 0.3) is 6.33 Å². The summed E-state index contributed by atoms with van der Waals surface area (Å²) in [5.74, 6) is -3.38. The van der Waals surface area contributed by atoms with E-state index in [0.717, 1.165) is 4.47 Å². The molecule has 0 aromatic carbocycles. The molecule has 51 heavy (non-hydrogen) atoms. The van der Waals surface area contributed by atoms with Gasteiger partial charge in [0.1, 0.15) is 37.1 Å². The number of carbonyl (C=O) groups is 4. The van der Waals surface area contributed by atoms with Crippen LogP contribution >= 0.6 is 28.3 Å². The van der Waals surface area contributed by atoms with E-state index < -0.39 is 17.9 Å². The minimum Gasteiger partial charge on any atom is -0.478 e. The molecule has 0 spiro atoms. The van der Waals surface area contributed by atoms with Gasteiger partial charge < -0.3 is 20.1 Å². The van der Waals surface area contributed by atoms with E-state index in [4.69, 9.17) is 15.3 Å². The van der Waals surface area contributed by atoms with Crippen LogP contribution in [0.1, 0.15) is 78.6 Å². The van der Waals surface area contributed by atoms with Gasteiger partial charge in [-0.1, -0.05) is 42.1 Å². The Morgan fingerprint density at radius 1 is 0.549 bits per heavy atom. The molecule has 0 fully saturated rings. The molecule has 0 aliphatic rings. The van der Waals surface area contributed by atoms with Crippen molar-refractivity contribution in [3.05, 3.63) is 120 Å². The highest BCUT2D eigenvalue weighted by Crippen LogP contribution is 2.00. The number of halogens is 2. The molecule has 0 atom stereocenters. The Labute approximate surface area is 311 Å². The van der Waals surface area contributed by atoms with Crippen molar-refractivity contribution in [2.24, 2.45) is 7.05 Å². The lowest BCUT2D eigenvalue weighted by atomic mass is 10.3. The summed E-state index contributed by atoms with van der Waals surface area (Å²) < 4.78 is 7.10. The van der Waals surface area contributed by atoms with Crippen LogP contribution in [0.3, 0.4) is 0 Å². The number of carboxylic acids is 3. The fourth-order valence-corrected chi connectivity index (χ4v) is 2.47. The summed E-state index contributed by atoms with van der Waals surface area (Å²) in [6.45, 7) is 0. The quantitative estimate of drug-likeness (QED) is 0.158. The molecule has 20 heteroatoms. The number of methoxy groups -OCH3 is 1. The number of aryl methyl sites for hydroxylation is 1. The first-order valence-corrected chi connectivity index (χ1v) is 12.6. The average molecular weight is 801 g/mol. The van der Waals surface area contributed by atoms with Gasteiger partial charge in [-0.25, -0.2) is 63.6 Å². The highest BCUT2D eigenvalue weighted by Gasteiger charge is 2.08. The molecule has 3 N–H and O–H groups in total. The van der Waals surface area contributed by atoms with E-state index in [1.54, 1.807) is 36.5 Å². The van der Waals surface area contributed by atoms with Crippen LogP contribution in [0.15, 0.2) is 98.1 Å². The van der Waals surface area contributed by atoms with Crippen LogP contribution in [0, 0.1) is 0 Å². The first-order valence-electron chi connectivity index (χ1n) is 11.8. The maximum Gasteiger partial charge on any atom is 0.345 e. The van der Waals surface area contributed by atoms with Gasteiger partial charge in [0.2, 0.25) is 0 Å². The van der Waals surface area contributed by atoms with E-state index in [-0.39, 0.29) is 72.2 Å². The predicted molar refractivity (Wildman–Crippen MR) is 194 cm³/mol. The van der Waals surface area contributed by atoms with Crippen molar-refractivity contribution in [2.75, 3.05) is 7.11 Å². The Hall–Kier alpha value is -5.95. The SMILES string of the molecule is Brc1cncnc1.C.C.C.C.C.COC(=O)c1cnc[n+](C)c1.Cl.O=C(O)c1cncnc1.O=C(O)c1cncnc1.O=C(O)c1cncnc1. The Bertz CT molecular complexity index is 1500. The fraction of sp³-hybridized carbons (Fsp3) is 0.226. The summed E-state index contributed by atoms with van der Waals surface area (Å²) in [7, 11) is 3.13. The van der Waals surface area contributed by atoms with Crippen LogP contribution in [0.2, 0.25) is 0 Å². The van der Waals surface area contributed by atoms with Crippen LogP contribution in [-0.4, -0.2) is 91.2 Å². The van der Waals surface area contributed by atoms with E-state index >= 15 is 0 Å². The second-order valence-corrected chi connectivity index (χ2v) is 8.40. The molecule has 0 radical (unpaired) electrons. The van der Waals surface area contributed by atoms with Crippen LogP contribution in [-0.2, 0) is 11.8 Å². The number of esters is 1. The normalized spacial score (nSPS) is 7.90. The second-order valence-electron chi connectivity index (χ2n) is 7.49. The molecule has 5 aromatic heterocycles. The summed E-state index contributed by atoms with van der Waals surface area (Å²) >= 11 is 3.19. The molecule has 0 unspecified atom stereocenters. The number of aromatic carboxylic acids is 3. The zero-order valence-electron chi connectivity index (χ0n) is 23.8.